The average molecular weight is 418 g/mol. The van der Waals surface area contributed by atoms with Crippen molar-refractivity contribution in [2.45, 2.75) is 25.6 Å². The highest BCUT2D eigenvalue weighted by molar-refractivity contribution is 9.10. The normalized spacial score (nSPS) is 17.4. The van der Waals surface area contributed by atoms with Crippen LogP contribution in [0.5, 0.6) is 5.75 Å². The average Bonchev–Trinajstić information content (AvgIpc) is 2.47. The van der Waals surface area contributed by atoms with E-state index in [0.29, 0.717) is 44.1 Å². The smallest absolute Gasteiger partial charge is 0.390 e. The molecule has 1 saturated heterocycles. The zero-order valence-electron chi connectivity index (χ0n) is 12.8. The lowest BCUT2D eigenvalue weighted by Gasteiger charge is -2.36. The maximum absolute atomic E-state index is 13.1. The first-order valence-electron chi connectivity index (χ1n) is 7.34. The highest BCUT2D eigenvalue weighted by Crippen LogP contribution is 2.39. The molecule has 0 saturated carbocycles. The Balaban J connectivity index is 0.00000264. The summed E-state index contributed by atoms with van der Waals surface area (Å²) in [6, 6.07) is 4.54. The van der Waals surface area contributed by atoms with Crippen molar-refractivity contribution in [2.24, 2.45) is 0 Å². The van der Waals surface area contributed by atoms with Gasteiger partial charge in [-0.15, -0.1) is 12.4 Å². The second-order valence-electron chi connectivity index (χ2n) is 5.24. The summed E-state index contributed by atoms with van der Waals surface area (Å²) in [5, 5.41) is 3.17. The van der Waals surface area contributed by atoms with Gasteiger partial charge < -0.3 is 10.1 Å². The monoisotopic (exact) mass is 416 g/mol. The predicted octanol–water partition coefficient (Wildman–Crippen LogP) is 4.17. The quantitative estimate of drug-likeness (QED) is 0.778. The van der Waals surface area contributed by atoms with Crippen LogP contribution in [0.25, 0.3) is 0 Å². The Morgan fingerprint density at radius 2 is 1.96 bits per heavy atom. The van der Waals surface area contributed by atoms with Crippen molar-refractivity contribution in [3.05, 3.63) is 28.2 Å². The van der Waals surface area contributed by atoms with Crippen molar-refractivity contribution in [3.63, 3.8) is 0 Å². The second-order valence-corrected chi connectivity index (χ2v) is 6.15. The third kappa shape index (κ3) is 6.14. The van der Waals surface area contributed by atoms with Crippen LogP contribution in [0.15, 0.2) is 22.7 Å². The molecule has 1 atom stereocenters. The molecule has 132 valence electrons. The number of hydrogen-bond acceptors (Lipinski definition) is 3. The molecule has 0 aromatic heterocycles. The fourth-order valence-corrected chi connectivity index (χ4v) is 3.09. The first-order valence-corrected chi connectivity index (χ1v) is 8.14. The molecule has 3 nitrogen and oxygen atoms in total. The van der Waals surface area contributed by atoms with Crippen molar-refractivity contribution in [1.29, 1.82) is 0 Å². The minimum Gasteiger partial charge on any atom is -0.494 e. The minimum absolute atomic E-state index is 0. The molecule has 2 rings (SSSR count). The van der Waals surface area contributed by atoms with E-state index in [0.717, 1.165) is 4.47 Å². The van der Waals surface area contributed by atoms with E-state index in [9.17, 15) is 13.2 Å². The Bertz CT molecular complexity index is 496. The third-order valence-electron chi connectivity index (χ3n) is 3.65. The number of nitrogens with zero attached hydrogens (tertiary/aromatic N) is 1. The van der Waals surface area contributed by atoms with Crippen LogP contribution in [0.3, 0.4) is 0 Å². The Kier molecular flexibility index (Phi) is 8.13. The molecule has 0 amide bonds. The van der Waals surface area contributed by atoms with E-state index in [4.69, 9.17) is 4.74 Å². The van der Waals surface area contributed by atoms with E-state index in [-0.39, 0.29) is 12.4 Å². The molecule has 1 heterocycles. The van der Waals surface area contributed by atoms with Gasteiger partial charge in [0.05, 0.1) is 13.0 Å². The van der Waals surface area contributed by atoms with Gasteiger partial charge in [0.1, 0.15) is 5.75 Å². The van der Waals surface area contributed by atoms with Crippen molar-refractivity contribution in [3.8, 4) is 5.75 Å². The summed E-state index contributed by atoms with van der Waals surface area (Å²) in [6.45, 7) is 4.85. The summed E-state index contributed by atoms with van der Waals surface area (Å²) in [5.74, 6) is 0.526. The number of benzene rings is 1. The summed E-state index contributed by atoms with van der Waals surface area (Å²) in [5.41, 5.74) is 0.593. The number of ether oxygens (including phenoxy) is 1. The van der Waals surface area contributed by atoms with Gasteiger partial charge >= 0.3 is 6.18 Å². The Labute approximate surface area is 149 Å². The molecular weight excluding hydrogens is 397 g/mol. The molecule has 1 aromatic rings. The number of piperazine rings is 1. The van der Waals surface area contributed by atoms with Crippen LogP contribution < -0.4 is 10.1 Å². The molecule has 0 bridgehead atoms. The summed E-state index contributed by atoms with van der Waals surface area (Å²) in [4.78, 5) is 1.88. The van der Waals surface area contributed by atoms with Gasteiger partial charge in [-0.05, 0) is 25.1 Å². The van der Waals surface area contributed by atoms with Gasteiger partial charge in [0.15, 0.2) is 0 Å². The maximum Gasteiger partial charge on any atom is 0.390 e. The summed E-state index contributed by atoms with van der Waals surface area (Å²) in [6.07, 6.45) is -5.09. The van der Waals surface area contributed by atoms with Gasteiger partial charge in [-0.1, -0.05) is 15.9 Å². The first-order chi connectivity index (χ1) is 10.4. The second kappa shape index (κ2) is 9.11. The van der Waals surface area contributed by atoms with Gasteiger partial charge in [0, 0.05) is 42.3 Å². The van der Waals surface area contributed by atoms with E-state index < -0.39 is 18.6 Å². The molecule has 1 aliphatic rings. The van der Waals surface area contributed by atoms with Crippen LogP contribution in [-0.4, -0.2) is 43.9 Å². The highest BCUT2D eigenvalue weighted by Gasteiger charge is 2.37. The molecule has 0 spiro atoms. The molecule has 1 aliphatic heterocycles. The Morgan fingerprint density at radius 3 is 2.52 bits per heavy atom. The van der Waals surface area contributed by atoms with Crippen molar-refractivity contribution >= 4 is 28.3 Å². The van der Waals surface area contributed by atoms with Crippen LogP contribution in [0, 0.1) is 0 Å². The number of halogens is 5. The fourth-order valence-electron chi connectivity index (χ4n) is 2.72. The van der Waals surface area contributed by atoms with Crippen LogP contribution in [0.1, 0.15) is 24.9 Å². The summed E-state index contributed by atoms with van der Waals surface area (Å²) >= 11 is 3.35. The zero-order valence-corrected chi connectivity index (χ0v) is 15.2. The Hall–Kier alpha value is -0.500. The van der Waals surface area contributed by atoms with Crippen molar-refractivity contribution in [2.75, 3.05) is 32.8 Å². The number of alkyl halides is 3. The summed E-state index contributed by atoms with van der Waals surface area (Å²) in [7, 11) is 0. The van der Waals surface area contributed by atoms with Crippen molar-refractivity contribution in [1.82, 2.24) is 10.2 Å². The molecule has 1 fully saturated rings. The molecule has 0 radical (unpaired) electrons. The lowest BCUT2D eigenvalue weighted by molar-refractivity contribution is -0.148. The lowest BCUT2D eigenvalue weighted by atomic mass is 9.99. The van der Waals surface area contributed by atoms with E-state index >= 15 is 0 Å². The van der Waals surface area contributed by atoms with Crippen molar-refractivity contribution < 1.29 is 17.9 Å². The first kappa shape index (κ1) is 20.5. The Morgan fingerprint density at radius 1 is 1.30 bits per heavy atom. The maximum atomic E-state index is 13.1. The SMILES string of the molecule is CCOc1ccc(Br)cc1[C@H](CC(F)(F)F)N1CCNCC1.Cl. The molecule has 0 unspecified atom stereocenters. The topological polar surface area (TPSA) is 24.5 Å². The minimum atomic E-state index is -4.22. The molecule has 1 N–H and O–H groups in total. The predicted molar refractivity (Wildman–Crippen MR) is 90.4 cm³/mol. The van der Waals surface area contributed by atoms with E-state index in [1.165, 1.54) is 0 Å². The van der Waals surface area contributed by atoms with Crippen LogP contribution in [0.2, 0.25) is 0 Å². The highest BCUT2D eigenvalue weighted by atomic mass is 79.9. The van der Waals surface area contributed by atoms with Crippen LogP contribution in [0.4, 0.5) is 13.2 Å². The molecule has 0 aliphatic carbocycles. The van der Waals surface area contributed by atoms with E-state index in [1.54, 1.807) is 18.2 Å². The van der Waals surface area contributed by atoms with Gasteiger partial charge in [0.2, 0.25) is 0 Å². The third-order valence-corrected chi connectivity index (χ3v) is 4.14. The van der Waals surface area contributed by atoms with Gasteiger partial charge in [-0.3, -0.25) is 4.90 Å². The van der Waals surface area contributed by atoms with Crippen LogP contribution >= 0.6 is 28.3 Å². The summed E-state index contributed by atoms with van der Waals surface area (Å²) < 4.78 is 45.5. The lowest BCUT2D eigenvalue weighted by Crippen LogP contribution is -2.46. The fraction of sp³-hybridized carbons (Fsp3) is 0.600. The molecule has 8 heteroatoms. The van der Waals surface area contributed by atoms with Gasteiger partial charge in [0.25, 0.3) is 0 Å². The number of rotatable bonds is 5. The van der Waals surface area contributed by atoms with E-state index in [1.807, 2.05) is 11.8 Å². The standard InChI is InChI=1S/C15H20BrF3N2O.ClH/c1-2-22-14-4-3-11(16)9-12(14)13(10-15(17,18)19)21-7-5-20-6-8-21;/h3-4,9,13,20H,2,5-8,10H2,1H3;1H/t13-;/m0./s1. The molecule has 23 heavy (non-hydrogen) atoms. The van der Waals surface area contributed by atoms with Crippen LogP contribution in [-0.2, 0) is 0 Å². The zero-order chi connectivity index (χ0) is 16.2. The van der Waals surface area contributed by atoms with Gasteiger partial charge in [-0.2, -0.15) is 13.2 Å². The molecular formula is C15H21BrClF3N2O. The van der Waals surface area contributed by atoms with E-state index in [2.05, 4.69) is 21.2 Å². The van der Waals surface area contributed by atoms with Gasteiger partial charge in [-0.25, -0.2) is 0 Å². The molecule has 1 aromatic carbocycles. The largest absolute Gasteiger partial charge is 0.494 e. The number of nitrogens with one attached hydrogen (secondary N) is 1. The number of hydrogen-bond donors (Lipinski definition) is 1.